The van der Waals surface area contributed by atoms with E-state index in [-0.39, 0.29) is 5.75 Å². The lowest BCUT2D eigenvalue weighted by Crippen LogP contribution is -2.44. The highest BCUT2D eigenvalue weighted by Crippen LogP contribution is 2.18. The van der Waals surface area contributed by atoms with Gasteiger partial charge in [0.1, 0.15) is 17.9 Å². The van der Waals surface area contributed by atoms with Crippen molar-refractivity contribution in [2.75, 3.05) is 0 Å². The molecule has 0 bridgehead atoms. The van der Waals surface area contributed by atoms with Gasteiger partial charge >= 0.3 is 5.97 Å². The van der Waals surface area contributed by atoms with Crippen molar-refractivity contribution in [3.05, 3.63) is 29.8 Å². The Morgan fingerprint density at radius 3 is 2.58 bits per heavy atom. The Hall–Kier alpha value is -2.55. The summed E-state index contributed by atoms with van der Waals surface area (Å²) in [4.78, 5) is 22.3. The Balaban J connectivity index is 2.69. The maximum atomic E-state index is 11.7. The monoisotopic (exact) mass is 262 g/mol. The standard InChI is InChI=1S/C13H14N2O4/c1-8(13(17)18)15-12(16)9(2)19-11-6-4-3-5-10(11)7-14/h3-6,8-9H,1-2H3,(H,15,16)(H,17,18). The Morgan fingerprint density at radius 1 is 1.37 bits per heavy atom. The number of hydrogen-bond acceptors (Lipinski definition) is 4. The molecule has 0 saturated carbocycles. The lowest BCUT2D eigenvalue weighted by atomic mass is 10.2. The molecule has 2 N–H and O–H groups in total. The number of carboxylic acid groups (broad SMARTS) is 1. The van der Waals surface area contributed by atoms with Crippen molar-refractivity contribution in [1.29, 1.82) is 5.26 Å². The molecule has 6 heteroatoms. The minimum Gasteiger partial charge on any atom is -0.480 e. The Morgan fingerprint density at radius 2 is 2.00 bits per heavy atom. The largest absolute Gasteiger partial charge is 0.480 e. The molecule has 100 valence electrons. The number of carbonyl (C=O) groups is 2. The van der Waals surface area contributed by atoms with Crippen molar-refractivity contribution < 1.29 is 19.4 Å². The van der Waals surface area contributed by atoms with Crippen molar-refractivity contribution in [3.8, 4) is 11.8 Å². The highest BCUT2D eigenvalue weighted by atomic mass is 16.5. The van der Waals surface area contributed by atoms with Crippen LogP contribution >= 0.6 is 0 Å². The summed E-state index contributed by atoms with van der Waals surface area (Å²) >= 11 is 0. The third-order valence-electron chi connectivity index (χ3n) is 2.41. The van der Waals surface area contributed by atoms with Crippen LogP contribution in [-0.4, -0.2) is 29.1 Å². The summed E-state index contributed by atoms with van der Waals surface area (Å²) in [6, 6.07) is 7.46. The van der Waals surface area contributed by atoms with E-state index < -0.39 is 24.0 Å². The summed E-state index contributed by atoms with van der Waals surface area (Å²) in [7, 11) is 0. The minimum absolute atomic E-state index is 0.288. The van der Waals surface area contributed by atoms with Gasteiger partial charge in [-0.05, 0) is 26.0 Å². The number of carboxylic acids is 1. The summed E-state index contributed by atoms with van der Waals surface area (Å²) in [5, 5.41) is 19.9. The predicted molar refractivity (Wildman–Crippen MR) is 66.5 cm³/mol. The molecule has 1 aromatic rings. The molecular formula is C13H14N2O4. The first-order chi connectivity index (χ1) is 8.95. The maximum Gasteiger partial charge on any atom is 0.325 e. The molecule has 0 radical (unpaired) electrons. The van der Waals surface area contributed by atoms with E-state index in [1.54, 1.807) is 24.3 Å². The van der Waals surface area contributed by atoms with Gasteiger partial charge in [-0.15, -0.1) is 0 Å². The van der Waals surface area contributed by atoms with Gasteiger partial charge in [0.15, 0.2) is 6.10 Å². The minimum atomic E-state index is -1.13. The zero-order chi connectivity index (χ0) is 14.4. The number of rotatable bonds is 5. The van der Waals surface area contributed by atoms with Gasteiger partial charge in [0.2, 0.25) is 0 Å². The summed E-state index contributed by atoms with van der Waals surface area (Å²) in [5.41, 5.74) is 0.313. The fraction of sp³-hybridized carbons (Fsp3) is 0.308. The third kappa shape index (κ3) is 4.00. The first-order valence-corrected chi connectivity index (χ1v) is 5.64. The van der Waals surface area contributed by atoms with Gasteiger partial charge in [-0.3, -0.25) is 9.59 Å². The number of nitrogens with zero attached hydrogens (tertiary/aromatic N) is 1. The highest BCUT2D eigenvalue weighted by Gasteiger charge is 2.20. The second-order valence-corrected chi connectivity index (χ2v) is 3.94. The van der Waals surface area contributed by atoms with Crippen LogP contribution in [0.25, 0.3) is 0 Å². The molecule has 0 spiro atoms. The van der Waals surface area contributed by atoms with Crippen LogP contribution in [0.3, 0.4) is 0 Å². The van der Waals surface area contributed by atoms with E-state index in [4.69, 9.17) is 15.1 Å². The topological polar surface area (TPSA) is 99.4 Å². The predicted octanol–water partition coefficient (Wildman–Crippen LogP) is 0.915. The number of ether oxygens (including phenoxy) is 1. The second kappa shape index (κ2) is 6.40. The van der Waals surface area contributed by atoms with Crippen molar-refractivity contribution in [2.45, 2.75) is 26.0 Å². The van der Waals surface area contributed by atoms with Crippen molar-refractivity contribution in [2.24, 2.45) is 0 Å². The van der Waals surface area contributed by atoms with E-state index in [0.29, 0.717) is 5.56 Å². The number of nitrogens with one attached hydrogen (secondary N) is 1. The average Bonchev–Trinajstić information content (AvgIpc) is 2.38. The Kier molecular flexibility index (Phi) is 4.89. The summed E-state index contributed by atoms with van der Waals surface area (Å²) in [6.07, 6.45) is -0.892. The normalized spacial score (nSPS) is 12.9. The van der Waals surface area contributed by atoms with Crippen LogP contribution in [0.2, 0.25) is 0 Å². The number of carbonyl (C=O) groups excluding carboxylic acids is 1. The van der Waals surface area contributed by atoms with Crippen molar-refractivity contribution >= 4 is 11.9 Å². The summed E-state index contributed by atoms with van der Waals surface area (Å²) in [6.45, 7) is 2.84. The number of hydrogen-bond donors (Lipinski definition) is 2. The highest BCUT2D eigenvalue weighted by molar-refractivity contribution is 5.86. The molecule has 1 rings (SSSR count). The fourth-order valence-electron chi connectivity index (χ4n) is 1.30. The van der Waals surface area contributed by atoms with E-state index in [9.17, 15) is 9.59 Å². The van der Waals surface area contributed by atoms with Gasteiger partial charge in [0, 0.05) is 0 Å². The molecule has 0 aliphatic rings. The van der Waals surface area contributed by atoms with E-state index in [1.165, 1.54) is 13.8 Å². The molecule has 2 unspecified atom stereocenters. The quantitative estimate of drug-likeness (QED) is 0.821. The van der Waals surface area contributed by atoms with E-state index in [0.717, 1.165) is 0 Å². The zero-order valence-corrected chi connectivity index (χ0v) is 10.6. The molecular weight excluding hydrogens is 248 g/mol. The van der Waals surface area contributed by atoms with Crippen molar-refractivity contribution in [3.63, 3.8) is 0 Å². The van der Waals surface area contributed by atoms with Gasteiger partial charge in [-0.2, -0.15) is 5.26 Å². The zero-order valence-electron chi connectivity index (χ0n) is 10.6. The smallest absolute Gasteiger partial charge is 0.325 e. The van der Waals surface area contributed by atoms with E-state index in [2.05, 4.69) is 5.32 Å². The number of amides is 1. The van der Waals surface area contributed by atoms with Crippen LogP contribution in [0, 0.1) is 11.3 Å². The number of aliphatic carboxylic acids is 1. The van der Waals surface area contributed by atoms with Crippen LogP contribution in [0.5, 0.6) is 5.75 Å². The van der Waals surface area contributed by atoms with Gasteiger partial charge in [0.05, 0.1) is 5.56 Å². The summed E-state index contributed by atoms with van der Waals surface area (Å²) in [5.74, 6) is -1.39. The third-order valence-corrected chi connectivity index (χ3v) is 2.41. The molecule has 19 heavy (non-hydrogen) atoms. The average molecular weight is 262 g/mol. The lowest BCUT2D eigenvalue weighted by molar-refractivity contribution is -0.142. The molecule has 0 heterocycles. The first-order valence-electron chi connectivity index (χ1n) is 5.64. The SMILES string of the molecule is CC(NC(=O)C(C)Oc1ccccc1C#N)C(=O)O. The van der Waals surface area contributed by atoms with Crippen LogP contribution in [-0.2, 0) is 9.59 Å². The lowest BCUT2D eigenvalue weighted by Gasteiger charge is -2.17. The molecule has 0 aliphatic heterocycles. The van der Waals surface area contributed by atoms with Crippen LogP contribution in [0.15, 0.2) is 24.3 Å². The maximum absolute atomic E-state index is 11.7. The molecule has 0 aliphatic carbocycles. The van der Waals surface area contributed by atoms with Crippen LogP contribution < -0.4 is 10.1 Å². The Labute approximate surface area is 110 Å². The van der Waals surface area contributed by atoms with Gasteiger partial charge in [0.25, 0.3) is 5.91 Å². The van der Waals surface area contributed by atoms with E-state index in [1.807, 2.05) is 6.07 Å². The van der Waals surface area contributed by atoms with Gasteiger partial charge in [-0.25, -0.2) is 0 Å². The number of benzene rings is 1. The van der Waals surface area contributed by atoms with Gasteiger partial charge in [-0.1, -0.05) is 12.1 Å². The first kappa shape index (κ1) is 14.5. The second-order valence-electron chi connectivity index (χ2n) is 3.94. The molecule has 1 amide bonds. The molecule has 2 atom stereocenters. The van der Waals surface area contributed by atoms with Crippen LogP contribution in [0.4, 0.5) is 0 Å². The molecule has 0 saturated heterocycles. The molecule has 6 nitrogen and oxygen atoms in total. The molecule has 0 fully saturated rings. The summed E-state index contributed by atoms with van der Waals surface area (Å²) < 4.78 is 5.35. The molecule has 1 aromatic carbocycles. The molecule has 0 aromatic heterocycles. The van der Waals surface area contributed by atoms with E-state index >= 15 is 0 Å². The number of para-hydroxylation sites is 1. The van der Waals surface area contributed by atoms with Crippen LogP contribution in [0.1, 0.15) is 19.4 Å². The number of nitriles is 1. The van der Waals surface area contributed by atoms with Crippen molar-refractivity contribution in [1.82, 2.24) is 5.32 Å². The Bertz CT molecular complexity index is 522. The van der Waals surface area contributed by atoms with Gasteiger partial charge < -0.3 is 15.2 Å². The fourth-order valence-corrected chi connectivity index (χ4v) is 1.30.